The monoisotopic (exact) mass is 252 g/mol. The summed E-state index contributed by atoms with van der Waals surface area (Å²) in [6.45, 7) is 3.08. The Bertz CT molecular complexity index is 325. The van der Waals surface area contributed by atoms with Gasteiger partial charge in [-0.1, -0.05) is 6.07 Å². The normalized spacial score (nSPS) is 18.2. The van der Waals surface area contributed by atoms with Crippen molar-refractivity contribution in [1.82, 2.24) is 10.3 Å². The molecule has 1 saturated heterocycles. The number of pyridine rings is 1. The van der Waals surface area contributed by atoms with Crippen LogP contribution in [0.2, 0.25) is 0 Å². The van der Waals surface area contributed by atoms with Crippen molar-refractivity contribution in [3.05, 3.63) is 23.9 Å². The van der Waals surface area contributed by atoms with E-state index in [-0.39, 0.29) is 6.61 Å². The zero-order valence-electron chi connectivity index (χ0n) is 10.8. The lowest BCUT2D eigenvalue weighted by atomic mass is 10.0. The second kappa shape index (κ2) is 8.85. The van der Waals surface area contributed by atoms with Crippen LogP contribution >= 0.6 is 0 Å². The average molecular weight is 252 g/mol. The molecule has 1 fully saturated rings. The van der Waals surface area contributed by atoms with Gasteiger partial charge >= 0.3 is 0 Å². The van der Waals surface area contributed by atoms with Crippen LogP contribution in [0.3, 0.4) is 0 Å². The highest BCUT2D eigenvalue weighted by Crippen LogP contribution is 2.14. The Labute approximate surface area is 109 Å². The highest BCUT2D eigenvalue weighted by atomic mass is 16.2. The molecule has 0 amide bonds. The number of hydrogen-bond donors (Lipinski definition) is 4. The maximum Gasteiger partial charge on any atom is 0.123 e. The van der Waals surface area contributed by atoms with Gasteiger partial charge in [0.05, 0.1) is 0 Å². The minimum atomic E-state index is 0.219. The molecule has 1 unspecified atom stereocenters. The van der Waals surface area contributed by atoms with Gasteiger partial charge < -0.3 is 21.9 Å². The van der Waals surface area contributed by atoms with Crippen molar-refractivity contribution in [2.45, 2.75) is 19.3 Å². The number of aromatic nitrogens is 1. The molecule has 1 aromatic rings. The Balaban J connectivity index is 0.000000280. The zero-order chi connectivity index (χ0) is 13.2. The lowest BCUT2D eigenvalue weighted by molar-refractivity contribution is 0.291. The van der Waals surface area contributed by atoms with E-state index in [9.17, 15) is 0 Å². The number of anilines is 1. The van der Waals surface area contributed by atoms with Crippen molar-refractivity contribution in [3.8, 4) is 0 Å². The molecule has 5 heteroatoms. The Kier molecular flexibility index (Phi) is 7.32. The molecule has 2 rings (SSSR count). The average Bonchev–Trinajstić information content (AvgIpc) is 2.84. The largest absolute Gasteiger partial charge is 0.396 e. The molecule has 0 radical (unpaired) electrons. The third kappa shape index (κ3) is 5.95. The first-order valence-electron chi connectivity index (χ1n) is 6.49. The molecule has 0 aliphatic carbocycles. The van der Waals surface area contributed by atoms with Crippen LogP contribution in [0.4, 0.5) is 5.82 Å². The van der Waals surface area contributed by atoms with Gasteiger partial charge in [0.2, 0.25) is 0 Å². The van der Waals surface area contributed by atoms with E-state index >= 15 is 0 Å². The number of nitrogens with two attached hydrogens (primary N) is 2. The second-order valence-electron chi connectivity index (χ2n) is 4.48. The van der Waals surface area contributed by atoms with Crippen molar-refractivity contribution < 1.29 is 5.11 Å². The van der Waals surface area contributed by atoms with Gasteiger partial charge in [-0.2, -0.15) is 0 Å². The van der Waals surface area contributed by atoms with E-state index in [0.29, 0.717) is 12.4 Å². The van der Waals surface area contributed by atoms with Crippen LogP contribution < -0.4 is 16.8 Å². The van der Waals surface area contributed by atoms with E-state index in [1.807, 2.05) is 12.1 Å². The number of nitrogens with zero attached hydrogens (tertiary/aromatic N) is 1. The molecule has 102 valence electrons. The molecule has 0 bridgehead atoms. The molecular formula is C13H24N4O. The number of hydrogen-bond acceptors (Lipinski definition) is 5. The SMILES string of the molecule is NCCCO.Nc1cccc(CC2CCNC2)n1. The molecule has 0 aromatic carbocycles. The van der Waals surface area contributed by atoms with Gasteiger partial charge in [0.25, 0.3) is 0 Å². The number of nitrogen functional groups attached to an aromatic ring is 1. The fraction of sp³-hybridized carbons (Fsp3) is 0.615. The molecule has 6 N–H and O–H groups in total. The van der Waals surface area contributed by atoms with Crippen molar-refractivity contribution >= 4 is 5.82 Å². The molecule has 1 aromatic heterocycles. The van der Waals surface area contributed by atoms with Gasteiger partial charge in [-0.25, -0.2) is 4.98 Å². The minimum absolute atomic E-state index is 0.219. The predicted octanol–water partition coefficient (Wildman–Crippen LogP) is 0.143. The fourth-order valence-electron chi connectivity index (χ4n) is 1.89. The molecule has 0 spiro atoms. The Morgan fingerprint density at radius 2 is 2.28 bits per heavy atom. The first-order chi connectivity index (χ1) is 8.76. The standard InChI is InChI=1S/C10H15N3.C3H9NO/c11-10-3-1-2-9(13-10)6-8-4-5-12-7-8;4-2-1-3-5/h1-3,8,12H,4-7H2,(H2,11,13);5H,1-4H2. The van der Waals surface area contributed by atoms with Gasteiger partial charge in [-0.15, -0.1) is 0 Å². The molecule has 1 aliphatic heterocycles. The van der Waals surface area contributed by atoms with Crippen LogP contribution in [0.15, 0.2) is 18.2 Å². The molecule has 1 aliphatic rings. The highest BCUT2D eigenvalue weighted by Gasteiger charge is 2.15. The third-order valence-corrected chi connectivity index (χ3v) is 2.85. The van der Waals surface area contributed by atoms with Crippen LogP contribution in [0.5, 0.6) is 0 Å². The van der Waals surface area contributed by atoms with Crippen LogP contribution in [0, 0.1) is 5.92 Å². The van der Waals surface area contributed by atoms with Crippen LogP contribution in [-0.4, -0.2) is 36.3 Å². The van der Waals surface area contributed by atoms with Crippen LogP contribution in [-0.2, 0) is 6.42 Å². The summed E-state index contributed by atoms with van der Waals surface area (Å²) < 4.78 is 0. The van der Waals surface area contributed by atoms with Gasteiger partial charge in [0.1, 0.15) is 5.82 Å². The molecule has 5 nitrogen and oxygen atoms in total. The lowest BCUT2D eigenvalue weighted by Crippen LogP contribution is -2.11. The number of aliphatic hydroxyl groups is 1. The van der Waals surface area contributed by atoms with Gasteiger partial charge in [0, 0.05) is 12.3 Å². The fourth-order valence-corrected chi connectivity index (χ4v) is 1.89. The van der Waals surface area contributed by atoms with Crippen molar-refractivity contribution in [2.75, 3.05) is 32.0 Å². The summed E-state index contributed by atoms with van der Waals surface area (Å²) in [6, 6.07) is 5.85. The summed E-state index contributed by atoms with van der Waals surface area (Å²) in [5.41, 5.74) is 11.7. The maximum atomic E-state index is 7.99. The second-order valence-corrected chi connectivity index (χ2v) is 4.48. The van der Waals surface area contributed by atoms with Gasteiger partial charge in [-0.05, 0) is 56.9 Å². The predicted molar refractivity (Wildman–Crippen MR) is 74.1 cm³/mol. The van der Waals surface area contributed by atoms with E-state index in [1.165, 1.54) is 6.42 Å². The summed E-state index contributed by atoms with van der Waals surface area (Å²) in [5.74, 6) is 1.37. The van der Waals surface area contributed by atoms with Gasteiger partial charge in [0.15, 0.2) is 0 Å². The number of nitrogens with one attached hydrogen (secondary N) is 1. The topological polar surface area (TPSA) is 97.2 Å². The Hall–Kier alpha value is -1.17. The van der Waals surface area contributed by atoms with Crippen molar-refractivity contribution in [2.24, 2.45) is 11.7 Å². The Morgan fingerprint density at radius 3 is 2.78 bits per heavy atom. The quantitative estimate of drug-likeness (QED) is 0.611. The first kappa shape index (κ1) is 14.9. The first-order valence-corrected chi connectivity index (χ1v) is 6.49. The van der Waals surface area contributed by atoms with E-state index < -0.39 is 0 Å². The third-order valence-electron chi connectivity index (χ3n) is 2.85. The van der Waals surface area contributed by atoms with Crippen LogP contribution in [0.1, 0.15) is 18.5 Å². The smallest absolute Gasteiger partial charge is 0.123 e. The van der Waals surface area contributed by atoms with Gasteiger partial charge in [-0.3, -0.25) is 0 Å². The van der Waals surface area contributed by atoms with E-state index in [0.717, 1.165) is 37.5 Å². The van der Waals surface area contributed by atoms with Crippen molar-refractivity contribution in [1.29, 1.82) is 0 Å². The number of rotatable bonds is 4. The lowest BCUT2D eigenvalue weighted by Gasteiger charge is -2.07. The zero-order valence-corrected chi connectivity index (χ0v) is 10.8. The summed E-state index contributed by atoms with van der Waals surface area (Å²) in [5, 5.41) is 11.3. The summed E-state index contributed by atoms with van der Waals surface area (Å²) >= 11 is 0. The highest BCUT2D eigenvalue weighted by molar-refractivity contribution is 5.28. The van der Waals surface area contributed by atoms with Crippen molar-refractivity contribution in [3.63, 3.8) is 0 Å². The minimum Gasteiger partial charge on any atom is -0.396 e. The summed E-state index contributed by atoms with van der Waals surface area (Å²) in [6.07, 6.45) is 3.04. The molecule has 18 heavy (non-hydrogen) atoms. The van der Waals surface area contributed by atoms with Crippen LogP contribution in [0.25, 0.3) is 0 Å². The number of aliphatic hydroxyl groups excluding tert-OH is 1. The Morgan fingerprint density at radius 1 is 1.44 bits per heavy atom. The summed E-state index contributed by atoms with van der Waals surface area (Å²) in [4.78, 5) is 4.29. The molecular weight excluding hydrogens is 228 g/mol. The van der Waals surface area contributed by atoms with E-state index in [1.54, 1.807) is 0 Å². The molecule has 1 atom stereocenters. The van der Waals surface area contributed by atoms with E-state index in [4.69, 9.17) is 16.6 Å². The van der Waals surface area contributed by atoms with E-state index in [2.05, 4.69) is 16.4 Å². The molecule has 2 heterocycles. The molecule has 0 saturated carbocycles. The summed E-state index contributed by atoms with van der Waals surface area (Å²) in [7, 11) is 0. The maximum absolute atomic E-state index is 7.99.